The van der Waals surface area contributed by atoms with E-state index in [9.17, 15) is 18.0 Å². The van der Waals surface area contributed by atoms with Gasteiger partial charge in [0.2, 0.25) is 10.0 Å². The summed E-state index contributed by atoms with van der Waals surface area (Å²) in [6.07, 6.45) is 0. The molecule has 1 amide bonds. The molecule has 2 heterocycles. The number of piperazine rings is 1. The van der Waals surface area contributed by atoms with Crippen LogP contribution < -0.4 is 15.0 Å². The molecule has 1 aliphatic heterocycles. The van der Waals surface area contributed by atoms with E-state index in [4.69, 9.17) is 9.47 Å². The number of aromatic nitrogens is 2. The second kappa shape index (κ2) is 8.44. The number of aromatic amines is 1. The fourth-order valence-corrected chi connectivity index (χ4v) is 4.74. The predicted octanol–water partition coefficient (Wildman–Crippen LogP) is 0.551. The number of rotatable bonds is 5. The molecular formula is C19H24N4O6S. The molecule has 0 radical (unpaired) electrons. The molecule has 0 spiro atoms. The lowest BCUT2D eigenvalue weighted by molar-refractivity contribution is 0.0695. The van der Waals surface area contributed by atoms with Crippen molar-refractivity contribution in [2.45, 2.75) is 18.7 Å². The largest absolute Gasteiger partial charge is 0.493 e. The molecule has 3 rings (SSSR count). The van der Waals surface area contributed by atoms with Crippen LogP contribution in [0.5, 0.6) is 11.5 Å². The summed E-state index contributed by atoms with van der Waals surface area (Å²) in [6.45, 7) is 3.95. The molecule has 0 unspecified atom stereocenters. The van der Waals surface area contributed by atoms with Crippen LogP contribution in [0.25, 0.3) is 0 Å². The molecule has 1 fully saturated rings. The summed E-state index contributed by atoms with van der Waals surface area (Å²) in [5.74, 6) is 0.317. The molecule has 1 aliphatic rings. The van der Waals surface area contributed by atoms with Crippen LogP contribution in [0.2, 0.25) is 0 Å². The van der Waals surface area contributed by atoms with Gasteiger partial charge >= 0.3 is 0 Å². The Labute approximate surface area is 174 Å². The lowest BCUT2D eigenvalue weighted by atomic mass is 10.1. The normalized spacial score (nSPS) is 15.1. The minimum absolute atomic E-state index is 0.0405. The van der Waals surface area contributed by atoms with Gasteiger partial charge in [0.05, 0.1) is 24.8 Å². The first-order valence-electron chi connectivity index (χ1n) is 9.28. The quantitative estimate of drug-likeness (QED) is 0.726. The first-order valence-corrected chi connectivity index (χ1v) is 10.7. The average molecular weight is 436 g/mol. The molecule has 30 heavy (non-hydrogen) atoms. The van der Waals surface area contributed by atoms with E-state index in [1.165, 1.54) is 41.6 Å². The van der Waals surface area contributed by atoms with E-state index in [1.807, 2.05) is 0 Å². The van der Waals surface area contributed by atoms with Crippen molar-refractivity contribution in [1.82, 2.24) is 19.4 Å². The van der Waals surface area contributed by atoms with Gasteiger partial charge in [-0.05, 0) is 31.5 Å². The van der Waals surface area contributed by atoms with Gasteiger partial charge in [0.15, 0.2) is 11.5 Å². The Balaban J connectivity index is 1.78. The zero-order chi connectivity index (χ0) is 22.1. The minimum atomic E-state index is -3.77. The SMILES string of the molecule is COc1ccc(S(=O)(=O)N2CCN(C(=O)c3c(C)c(C)n[nH]c3=O)CC2)cc1OC. The van der Waals surface area contributed by atoms with Crippen LogP contribution >= 0.6 is 0 Å². The minimum Gasteiger partial charge on any atom is -0.493 e. The summed E-state index contributed by atoms with van der Waals surface area (Å²) in [6, 6.07) is 4.40. The zero-order valence-electron chi connectivity index (χ0n) is 17.3. The first kappa shape index (κ1) is 21.8. The molecule has 0 saturated carbocycles. The number of aryl methyl sites for hydroxylation is 1. The number of methoxy groups -OCH3 is 2. The van der Waals surface area contributed by atoms with Gasteiger partial charge in [-0.3, -0.25) is 9.59 Å². The van der Waals surface area contributed by atoms with Crippen LogP contribution in [0.1, 0.15) is 21.6 Å². The molecule has 1 aromatic heterocycles. The molecule has 1 saturated heterocycles. The second-order valence-corrected chi connectivity index (χ2v) is 8.79. The summed E-state index contributed by atoms with van der Waals surface area (Å²) in [4.78, 5) is 26.5. The van der Waals surface area contributed by atoms with E-state index in [1.54, 1.807) is 13.8 Å². The van der Waals surface area contributed by atoms with Gasteiger partial charge in [0.1, 0.15) is 5.56 Å². The third-order valence-electron chi connectivity index (χ3n) is 5.20. The van der Waals surface area contributed by atoms with E-state index >= 15 is 0 Å². The highest BCUT2D eigenvalue weighted by molar-refractivity contribution is 7.89. The number of H-pyrrole nitrogens is 1. The van der Waals surface area contributed by atoms with E-state index in [0.29, 0.717) is 22.8 Å². The highest BCUT2D eigenvalue weighted by atomic mass is 32.2. The predicted molar refractivity (Wildman–Crippen MR) is 109 cm³/mol. The van der Waals surface area contributed by atoms with Crippen LogP contribution in [0, 0.1) is 13.8 Å². The first-order chi connectivity index (χ1) is 14.2. The van der Waals surface area contributed by atoms with Gasteiger partial charge in [-0.15, -0.1) is 0 Å². The zero-order valence-corrected chi connectivity index (χ0v) is 18.1. The maximum Gasteiger partial charge on any atom is 0.277 e. The molecule has 1 N–H and O–H groups in total. The molecule has 0 atom stereocenters. The fraction of sp³-hybridized carbons (Fsp3) is 0.421. The maximum atomic E-state index is 13.0. The Bertz CT molecular complexity index is 1120. The third kappa shape index (κ3) is 3.90. The monoisotopic (exact) mass is 436 g/mol. The van der Waals surface area contributed by atoms with E-state index < -0.39 is 21.5 Å². The van der Waals surface area contributed by atoms with Gasteiger partial charge in [-0.25, -0.2) is 13.5 Å². The lowest BCUT2D eigenvalue weighted by Crippen LogP contribution is -2.51. The topological polar surface area (TPSA) is 122 Å². The van der Waals surface area contributed by atoms with Crippen LogP contribution in [0.15, 0.2) is 27.9 Å². The number of amides is 1. The molecule has 0 aliphatic carbocycles. The summed E-state index contributed by atoms with van der Waals surface area (Å²) >= 11 is 0. The van der Waals surface area contributed by atoms with Crippen LogP contribution in [0.4, 0.5) is 0 Å². The Morgan fingerprint density at radius 3 is 2.30 bits per heavy atom. The van der Waals surface area contributed by atoms with Crippen molar-refractivity contribution < 1.29 is 22.7 Å². The summed E-state index contributed by atoms with van der Waals surface area (Å²) in [7, 11) is -0.869. The van der Waals surface area contributed by atoms with Gasteiger partial charge < -0.3 is 14.4 Å². The number of carbonyl (C=O) groups excluding carboxylic acids is 1. The van der Waals surface area contributed by atoms with Crippen molar-refractivity contribution in [3.8, 4) is 11.5 Å². The summed E-state index contributed by atoms with van der Waals surface area (Å²) < 4.78 is 37.7. The Kier molecular flexibility index (Phi) is 6.13. The molecule has 1 aromatic carbocycles. The lowest BCUT2D eigenvalue weighted by Gasteiger charge is -2.34. The standard InChI is InChI=1S/C19H24N4O6S/c1-12-13(2)20-21-18(24)17(12)19(25)22-7-9-23(10-8-22)30(26,27)14-5-6-15(28-3)16(11-14)29-4/h5-6,11H,7-10H2,1-4H3,(H,21,24). The number of hydrogen-bond donors (Lipinski definition) is 1. The van der Waals surface area contributed by atoms with Crippen molar-refractivity contribution >= 4 is 15.9 Å². The molecule has 11 heteroatoms. The van der Waals surface area contributed by atoms with Crippen LogP contribution in [-0.2, 0) is 10.0 Å². The summed E-state index contributed by atoms with van der Waals surface area (Å²) in [5.41, 5.74) is 0.568. The molecule has 0 bridgehead atoms. The number of benzene rings is 1. The van der Waals surface area contributed by atoms with E-state index in [0.717, 1.165) is 0 Å². The number of nitrogens with zero attached hydrogens (tertiary/aromatic N) is 3. The number of sulfonamides is 1. The third-order valence-corrected chi connectivity index (χ3v) is 7.10. The van der Waals surface area contributed by atoms with Crippen molar-refractivity contribution in [2.24, 2.45) is 0 Å². The van der Waals surface area contributed by atoms with E-state index in [2.05, 4.69) is 10.2 Å². The van der Waals surface area contributed by atoms with Crippen molar-refractivity contribution in [3.05, 3.63) is 45.4 Å². The Morgan fingerprint density at radius 1 is 1.07 bits per heavy atom. The highest BCUT2D eigenvalue weighted by Gasteiger charge is 2.32. The van der Waals surface area contributed by atoms with Crippen molar-refractivity contribution in [2.75, 3.05) is 40.4 Å². The number of carbonyl (C=O) groups is 1. The Morgan fingerprint density at radius 2 is 1.70 bits per heavy atom. The maximum absolute atomic E-state index is 13.0. The molecule has 10 nitrogen and oxygen atoms in total. The smallest absolute Gasteiger partial charge is 0.277 e. The molecular weight excluding hydrogens is 412 g/mol. The highest BCUT2D eigenvalue weighted by Crippen LogP contribution is 2.31. The second-order valence-electron chi connectivity index (χ2n) is 6.85. The number of nitrogens with one attached hydrogen (secondary N) is 1. The van der Waals surface area contributed by atoms with Gasteiger partial charge in [0.25, 0.3) is 11.5 Å². The van der Waals surface area contributed by atoms with E-state index in [-0.39, 0.29) is 36.6 Å². The van der Waals surface area contributed by atoms with Gasteiger partial charge in [0, 0.05) is 32.2 Å². The molecule has 2 aromatic rings. The fourth-order valence-electron chi connectivity index (χ4n) is 3.30. The van der Waals surface area contributed by atoms with Gasteiger partial charge in [-0.1, -0.05) is 0 Å². The number of hydrogen-bond acceptors (Lipinski definition) is 7. The number of ether oxygens (including phenoxy) is 2. The average Bonchev–Trinajstić information content (AvgIpc) is 2.76. The summed E-state index contributed by atoms with van der Waals surface area (Å²) in [5, 5.41) is 6.18. The Hall–Kier alpha value is -2.92. The van der Waals surface area contributed by atoms with Gasteiger partial charge in [-0.2, -0.15) is 9.40 Å². The van der Waals surface area contributed by atoms with Crippen molar-refractivity contribution in [3.63, 3.8) is 0 Å². The van der Waals surface area contributed by atoms with Crippen LogP contribution in [0.3, 0.4) is 0 Å². The molecule has 162 valence electrons. The van der Waals surface area contributed by atoms with Crippen molar-refractivity contribution in [1.29, 1.82) is 0 Å². The van der Waals surface area contributed by atoms with Crippen LogP contribution in [-0.4, -0.2) is 74.1 Å².